The highest BCUT2D eigenvalue weighted by Crippen LogP contribution is 2.29. The van der Waals surface area contributed by atoms with Crippen LogP contribution in [0.4, 0.5) is 11.6 Å². The molecule has 0 atom stereocenters. The van der Waals surface area contributed by atoms with Gasteiger partial charge in [-0.1, -0.05) is 39.0 Å². The molecule has 0 aliphatic carbocycles. The lowest BCUT2D eigenvalue weighted by Gasteiger charge is -2.02. The van der Waals surface area contributed by atoms with E-state index in [9.17, 15) is 19.7 Å². The number of hydrogen-bond donors (Lipinski definition) is 1. The average Bonchev–Trinajstić information content (AvgIpc) is 2.89. The summed E-state index contributed by atoms with van der Waals surface area (Å²) in [6.07, 6.45) is 6.31. The van der Waals surface area contributed by atoms with Crippen LogP contribution in [0.3, 0.4) is 0 Å². The SMILES string of the molecule is CCCCCCCCOC(=O)c1cc([N+](=O)[O-])c(NC(C)=O)o1. The summed E-state index contributed by atoms with van der Waals surface area (Å²) in [7, 11) is 0. The Morgan fingerprint density at radius 2 is 1.91 bits per heavy atom. The molecule has 0 aromatic carbocycles. The summed E-state index contributed by atoms with van der Waals surface area (Å²) < 4.78 is 10.0. The molecular formula is C15H22N2O6. The number of amides is 1. The minimum atomic E-state index is -0.779. The Morgan fingerprint density at radius 1 is 1.26 bits per heavy atom. The van der Waals surface area contributed by atoms with E-state index in [-0.39, 0.29) is 18.3 Å². The molecule has 8 heteroatoms. The van der Waals surface area contributed by atoms with Crippen molar-refractivity contribution in [1.29, 1.82) is 0 Å². The third kappa shape index (κ3) is 6.50. The number of nitro groups is 1. The van der Waals surface area contributed by atoms with Gasteiger partial charge in [0.05, 0.1) is 17.6 Å². The zero-order chi connectivity index (χ0) is 17.2. The number of nitrogens with zero attached hydrogens (tertiary/aromatic N) is 1. The second kappa shape index (κ2) is 9.60. The molecule has 1 heterocycles. The first-order valence-corrected chi connectivity index (χ1v) is 7.68. The molecule has 1 amide bonds. The average molecular weight is 326 g/mol. The Labute approximate surface area is 134 Å². The van der Waals surface area contributed by atoms with E-state index in [2.05, 4.69) is 12.2 Å². The number of nitrogens with one attached hydrogen (secondary N) is 1. The molecule has 8 nitrogen and oxygen atoms in total. The van der Waals surface area contributed by atoms with Gasteiger partial charge in [0.25, 0.3) is 5.88 Å². The molecule has 1 aromatic heterocycles. The number of rotatable bonds is 10. The van der Waals surface area contributed by atoms with Gasteiger partial charge in [0.1, 0.15) is 0 Å². The third-order valence-electron chi connectivity index (χ3n) is 3.13. The molecule has 0 radical (unpaired) electrons. The maximum Gasteiger partial charge on any atom is 0.374 e. The van der Waals surface area contributed by atoms with Crippen LogP contribution in [0, 0.1) is 10.1 Å². The maximum atomic E-state index is 11.8. The lowest BCUT2D eigenvalue weighted by Crippen LogP contribution is -2.07. The standard InChI is InChI=1S/C15H22N2O6/c1-3-4-5-6-7-8-9-22-15(19)13-10-12(17(20)21)14(23-13)16-11(2)18/h10H,3-9H2,1-2H3,(H,16,18). The van der Waals surface area contributed by atoms with E-state index in [1.54, 1.807) is 0 Å². The second-order valence-corrected chi connectivity index (χ2v) is 5.17. The van der Waals surface area contributed by atoms with E-state index in [1.165, 1.54) is 19.8 Å². The minimum absolute atomic E-state index is 0.231. The number of carbonyl (C=O) groups excluding carboxylic acids is 2. The molecule has 0 spiro atoms. The molecule has 0 saturated heterocycles. The molecular weight excluding hydrogens is 304 g/mol. The van der Waals surface area contributed by atoms with Gasteiger partial charge >= 0.3 is 11.7 Å². The van der Waals surface area contributed by atoms with Gasteiger partial charge < -0.3 is 9.15 Å². The molecule has 0 unspecified atom stereocenters. The Balaban J connectivity index is 2.49. The van der Waals surface area contributed by atoms with Crippen LogP contribution in [0.15, 0.2) is 10.5 Å². The lowest BCUT2D eigenvalue weighted by molar-refractivity contribution is -0.384. The fraction of sp³-hybridized carbons (Fsp3) is 0.600. The number of anilines is 1. The van der Waals surface area contributed by atoms with Crippen LogP contribution in [0.25, 0.3) is 0 Å². The summed E-state index contributed by atoms with van der Waals surface area (Å²) in [6, 6.07) is 0.953. The fourth-order valence-corrected chi connectivity index (χ4v) is 1.99. The maximum absolute atomic E-state index is 11.8. The van der Waals surface area contributed by atoms with Crippen LogP contribution in [-0.2, 0) is 9.53 Å². The normalized spacial score (nSPS) is 10.3. The number of ether oxygens (including phenoxy) is 1. The zero-order valence-corrected chi connectivity index (χ0v) is 13.4. The predicted molar refractivity (Wildman–Crippen MR) is 83.3 cm³/mol. The van der Waals surface area contributed by atoms with Crippen molar-refractivity contribution >= 4 is 23.4 Å². The van der Waals surface area contributed by atoms with E-state index in [0.717, 1.165) is 31.7 Å². The lowest BCUT2D eigenvalue weighted by atomic mass is 10.1. The number of esters is 1. The van der Waals surface area contributed by atoms with Crippen LogP contribution in [0.1, 0.15) is 62.9 Å². The van der Waals surface area contributed by atoms with E-state index in [4.69, 9.17) is 9.15 Å². The molecule has 0 fully saturated rings. The Kier molecular flexibility index (Phi) is 7.79. The zero-order valence-electron chi connectivity index (χ0n) is 13.4. The van der Waals surface area contributed by atoms with Crippen LogP contribution in [-0.4, -0.2) is 23.4 Å². The van der Waals surface area contributed by atoms with Crippen molar-refractivity contribution in [2.75, 3.05) is 11.9 Å². The first-order valence-electron chi connectivity index (χ1n) is 7.68. The smallest absolute Gasteiger partial charge is 0.374 e. The molecule has 0 aliphatic rings. The van der Waals surface area contributed by atoms with Crippen LogP contribution in [0.2, 0.25) is 0 Å². The number of carbonyl (C=O) groups is 2. The highest BCUT2D eigenvalue weighted by atomic mass is 16.6. The molecule has 0 bridgehead atoms. The highest BCUT2D eigenvalue weighted by molar-refractivity contribution is 5.93. The quantitative estimate of drug-likeness (QED) is 0.304. The summed E-state index contributed by atoms with van der Waals surface area (Å²) in [6.45, 7) is 3.55. The molecule has 1 aromatic rings. The van der Waals surface area contributed by atoms with Gasteiger partial charge in [0.15, 0.2) is 0 Å². The van der Waals surface area contributed by atoms with Crippen molar-refractivity contribution < 1.29 is 23.7 Å². The second-order valence-electron chi connectivity index (χ2n) is 5.17. The molecule has 23 heavy (non-hydrogen) atoms. The van der Waals surface area contributed by atoms with Crippen molar-refractivity contribution in [3.63, 3.8) is 0 Å². The summed E-state index contributed by atoms with van der Waals surface area (Å²) in [5.74, 6) is -1.98. The number of furan rings is 1. The Bertz CT molecular complexity index is 552. The first-order chi connectivity index (χ1) is 11.0. The van der Waals surface area contributed by atoms with E-state index < -0.39 is 22.5 Å². The van der Waals surface area contributed by atoms with Crippen LogP contribution >= 0.6 is 0 Å². The van der Waals surface area contributed by atoms with Gasteiger partial charge in [-0.25, -0.2) is 4.79 Å². The third-order valence-corrected chi connectivity index (χ3v) is 3.13. The van der Waals surface area contributed by atoms with Crippen LogP contribution < -0.4 is 5.32 Å². The first kappa shape index (κ1) is 18.7. The largest absolute Gasteiger partial charge is 0.460 e. The molecule has 128 valence electrons. The van der Waals surface area contributed by atoms with Crippen molar-refractivity contribution in [3.8, 4) is 0 Å². The summed E-state index contributed by atoms with van der Waals surface area (Å²) in [4.78, 5) is 32.9. The van der Waals surface area contributed by atoms with Crippen molar-refractivity contribution in [2.45, 2.75) is 52.4 Å². The van der Waals surface area contributed by atoms with Gasteiger partial charge in [-0.2, -0.15) is 0 Å². The number of unbranched alkanes of at least 4 members (excludes halogenated alkanes) is 5. The van der Waals surface area contributed by atoms with Gasteiger partial charge in [-0.15, -0.1) is 0 Å². The predicted octanol–water partition coefficient (Wildman–Crippen LogP) is 3.66. The topological polar surface area (TPSA) is 112 Å². The highest BCUT2D eigenvalue weighted by Gasteiger charge is 2.26. The van der Waals surface area contributed by atoms with E-state index >= 15 is 0 Å². The molecule has 0 saturated carbocycles. The molecule has 0 aliphatic heterocycles. The van der Waals surface area contributed by atoms with E-state index in [1.807, 2.05) is 0 Å². The van der Waals surface area contributed by atoms with Gasteiger partial charge in [-0.05, 0) is 6.42 Å². The molecule has 1 N–H and O–H groups in total. The molecule has 1 rings (SSSR count). The van der Waals surface area contributed by atoms with Gasteiger partial charge in [-0.3, -0.25) is 20.2 Å². The van der Waals surface area contributed by atoms with Crippen LogP contribution in [0.5, 0.6) is 0 Å². The summed E-state index contributed by atoms with van der Waals surface area (Å²) >= 11 is 0. The monoisotopic (exact) mass is 326 g/mol. The summed E-state index contributed by atoms with van der Waals surface area (Å²) in [5.41, 5.74) is -0.480. The van der Waals surface area contributed by atoms with Crippen molar-refractivity contribution in [1.82, 2.24) is 0 Å². The van der Waals surface area contributed by atoms with Gasteiger partial charge in [0.2, 0.25) is 11.7 Å². The minimum Gasteiger partial charge on any atom is -0.460 e. The van der Waals surface area contributed by atoms with Crippen molar-refractivity contribution in [2.24, 2.45) is 0 Å². The number of hydrogen-bond acceptors (Lipinski definition) is 6. The summed E-state index contributed by atoms with van der Waals surface area (Å²) in [5, 5.41) is 13.0. The Morgan fingerprint density at radius 3 is 2.52 bits per heavy atom. The van der Waals surface area contributed by atoms with Crippen molar-refractivity contribution in [3.05, 3.63) is 21.9 Å². The Hall–Kier alpha value is -2.38. The van der Waals surface area contributed by atoms with Gasteiger partial charge in [0, 0.05) is 6.92 Å². The van der Waals surface area contributed by atoms with E-state index in [0.29, 0.717) is 0 Å². The fourth-order valence-electron chi connectivity index (χ4n) is 1.99.